The second kappa shape index (κ2) is 5.61. The Bertz CT molecular complexity index is 560. The molecule has 2 aliphatic heterocycles. The van der Waals surface area contributed by atoms with Crippen molar-refractivity contribution in [1.82, 2.24) is 4.90 Å². The second-order valence-corrected chi connectivity index (χ2v) is 4.85. The first-order valence-electron chi connectivity index (χ1n) is 6.67. The lowest BCUT2D eigenvalue weighted by molar-refractivity contribution is -0.162. The number of amides is 1. The van der Waals surface area contributed by atoms with Crippen LogP contribution in [0.3, 0.4) is 0 Å². The van der Waals surface area contributed by atoms with Gasteiger partial charge in [0.15, 0.2) is 17.6 Å². The molecule has 0 spiro atoms. The van der Waals surface area contributed by atoms with Crippen LogP contribution in [0.25, 0.3) is 0 Å². The maximum absolute atomic E-state index is 12.4. The van der Waals surface area contributed by atoms with Crippen LogP contribution < -0.4 is 9.47 Å². The van der Waals surface area contributed by atoms with E-state index in [1.807, 2.05) is 6.07 Å². The molecule has 7 heteroatoms. The van der Waals surface area contributed by atoms with Gasteiger partial charge >= 0.3 is 5.97 Å². The minimum Gasteiger partial charge on any atom is -0.485 e. The zero-order valence-electron chi connectivity index (χ0n) is 11.2. The minimum atomic E-state index is -1.07. The van der Waals surface area contributed by atoms with Crippen LogP contribution in [0.5, 0.6) is 11.5 Å². The van der Waals surface area contributed by atoms with Crippen molar-refractivity contribution in [3.05, 3.63) is 24.3 Å². The van der Waals surface area contributed by atoms with Gasteiger partial charge in [-0.1, -0.05) is 12.1 Å². The number of ether oxygens (including phenoxy) is 3. The highest BCUT2D eigenvalue weighted by atomic mass is 16.6. The molecular formula is C14H15NO6. The minimum absolute atomic E-state index is 0.0235. The molecule has 2 aliphatic rings. The molecule has 0 radical (unpaired) electrons. The summed E-state index contributed by atoms with van der Waals surface area (Å²) in [6, 6.07) is 7.12. The maximum atomic E-state index is 12.4. The van der Waals surface area contributed by atoms with Crippen molar-refractivity contribution in [2.45, 2.75) is 12.2 Å². The van der Waals surface area contributed by atoms with Gasteiger partial charge in [0, 0.05) is 6.54 Å². The summed E-state index contributed by atoms with van der Waals surface area (Å²) >= 11 is 0. The van der Waals surface area contributed by atoms with Gasteiger partial charge in [0.2, 0.25) is 6.10 Å². The number of morpholine rings is 1. The summed E-state index contributed by atoms with van der Waals surface area (Å²) in [6.07, 6.45) is -1.74. The highest BCUT2D eigenvalue weighted by molar-refractivity contribution is 5.83. The Morgan fingerprint density at radius 2 is 1.95 bits per heavy atom. The van der Waals surface area contributed by atoms with Crippen molar-refractivity contribution < 1.29 is 28.9 Å². The van der Waals surface area contributed by atoms with Crippen molar-refractivity contribution in [1.29, 1.82) is 0 Å². The van der Waals surface area contributed by atoms with Gasteiger partial charge < -0.3 is 24.2 Å². The van der Waals surface area contributed by atoms with Gasteiger partial charge in [-0.15, -0.1) is 0 Å². The van der Waals surface area contributed by atoms with Crippen molar-refractivity contribution in [2.24, 2.45) is 0 Å². The van der Waals surface area contributed by atoms with Crippen molar-refractivity contribution in [3.63, 3.8) is 0 Å². The Kier molecular flexibility index (Phi) is 3.66. The van der Waals surface area contributed by atoms with Crippen LogP contribution in [0.4, 0.5) is 0 Å². The number of nitrogens with zero attached hydrogens (tertiary/aromatic N) is 1. The third-order valence-electron chi connectivity index (χ3n) is 3.44. The standard InChI is InChI=1S/C14H15NO6/c16-13(15-5-6-19-11(7-15)14(17)18)12-8-20-9-3-1-2-4-10(9)21-12/h1-4,11-12H,5-8H2,(H,17,18)/t11-,12+/m1/s1. The van der Waals surface area contributed by atoms with Gasteiger partial charge in [-0.2, -0.15) is 0 Å². The number of hydrogen-bond donors (Lipinski definition) is 1. The number of rotatable bonds is 2. The molecule has 2 atom stereocenters. The van der Waals surface area contributed by atoms with Crippen LogP contribution in [0, 0.1) is 0 Å². The van der Waals surface area contributed by atoms with Crippen molar-refractivity contribution in [3.8, 4) is 11.5 Å². The zero-order chi connectivity index (χ0) is 14.8. The Morgan fingerprint density at radius 1 is 1.19 bits per heavy atom. The largest absolute Gasteiger partial charge is 0.485 e. The molecule has 1 aromatic rings. The van der Waals surface area contributed by atoms with Crippen LogP contribution in [-0.2, 0) is 14.3 Å². The fourth-order valence-electron chi connectivity index (χ4n) is 2.34. The quantitative estimate of drug-likeness (QED) is 0.835. The zero-order valence-corrected chi connectivity index (χ0v) is 11.2. The summed E-state index contributed by atoms with van der Waals surface area (Å²) < 4.78 is 16.2. The molecule has 0 saturated carbocycles. The number of aliphatic carboxylic acids is 1. The van der Waals surface area contributed by atoms with Gasteiger partial charge in [-0.05, 0) is 12.1 Å². The highest BCUT2D eigenvalue weighted by Gasteiger charge is 2.35. The molecule has 7 nitrogen and oxygen atoms in total. The van der Waals surface area contributed by atoms with E-state index in [1.165, 1.54) is 4.90 Å². The fourth-order valence-corrected chi connectivity index (χ4v) is 2.34. The van der Waals surface area contributed by atoms with Crippen molar-refractivity contribution >= 4 is 11.9 Å². The van der Waals surface area contributed by atoms with E-state index in [1.54, 1.807) is 18.2 Å². The normalized spacial score (nSPS) is 24.5. The molecule has 112 valence electrons. The van der Waals surface area contributed by atoms with Gasteiger partial charge in [0.05, 0.1) is 13.2 Å². The average molecular weight is 293 g/mol. The van der Waals surface area contributed by atoms with E-state index in [9.17, 15) is 9.59 Å². The van der Waals surface area contributed by atoms with E-state index in [4.69, 9.17) is 19.3 Å². The van der Waals surface area contributed by atoms with E-state index in [0.717, 1.165) is 0 Å². The predicted molar refractivity (Wildman–Crippen MR) is 70.3 cm³/mol. The van der Waals surface area contributed by atoms with E-state index in [0.29, 0.717) is 18.0 Å². The molecule has 1 N–H and O–H groups in total. The Balaban J connectivity index is 1.67. The molecule has 1 fully saturated rings. The van der Waals surface area contributed by atoms with Crippen LogP contribution in [0.2, 0.25) is 0 Å². The Morgan fingerprint density at radius 3 is 2.71 bits per heavy atom. The third-order valence-corrected chi connectivity index (χ3v) is 3.44. The fraction of sp³-hybridized carbons (Fsp3) is 0.429. The number of hydrogen-bond acceptors (Lipinski definition) is 5. The highest BCUT2D eigenvalue weighted by Crippen LogP contribution is 2.31. The van der Waals surface area contributed by atoms with Crippen LogP contribution in [0.1, 0.15) is 0 Å². The lowest BCUT2D eigenvalue weighted by atomic mass is 10.2. The first kappa shape index (κ1) is 13.7. The van der Waals surface area contributed by atoms with Crippen LogP contribution >= 0.6 is 0 Å². The van der Waals surface area contributed by atoms with Gasteiger partial charge in [-0.3, -0.25) is 4.79 Å². The van der Waals surface area contributed by atoms with E-state index in [-0.39, 0.29) is 25.7 Å². The number of carbonyl (C=O) groups is 2. The predicted octanol–water partition coefficient (Wildman–Crippen LogP) is 0.138. The SMILES string of the molecule is O=C(O)[C@H]1CN(C(=O)[C@@H]2COc3ccccc3O2)CCO1. The number of para-hydroxylation sites is 2. The lowest BCUT2D eigenvalue weighted by Crippen LogP contribution is -2.54. The molecule has 0 aliphatic carbocycles. The first-order chi connectivity index (χ1) is 10.1. The molecule has 2 heterocycles. The number of carboxylic acid groups (broad SMARTS) is 1. The molecule has 1 amide bonds. The third kappa shape index (κ3) is 2.78. The summed E-state index contributed by atoms with van der Waals surface area (Å²) in [5, 5.41) is 8.96. The molecule has 21 heavy (non-hydrogen) atoms. The summed E-state index contributed by atoms with van der Waals surface area (Å²) in [6.45, 7) is 0.692. The summed E-state index contributed by atoms with van der Waals surface area (Å²) in [7, 11) is 0. The molecule has 0 unspecified atom stereocenters. The molecule has 1 saturated heterocycles. The maximum Gasteiger partial charge on any atom is 0.334 e. The van der Waals surface area contributed by atoms with E-state index >= 15 is 0 Å². The van der Waals surface area contributed by atoms with E-state index < -0.39 is 18.2 Å². The first-order valence-corrected chi connectivity index (χ1v) is 6.67. The van der Waals surface area contributed by atoms with Gasteiger partial charge in [0.25, 0.3) is 5.91 Å². The molecule has 0 bridgehead atoms. The monoisotopic (exact) mass is 293 g/mol. The summed E-state index contributed by atoms with van der Waals surface area (Å²) in [4.78, 5) is 24.8. The number of carbonyl (C=O) groups excluding carboxylic acids is 1. The second-order valence-electron chi connectivity index (χ2n) is 4.85. The van der Waals surface area contributed by atoms with Crippen molar-refractivity contribution in [2.75, 3.05) is 26.3 Å². The summed E-state index contributed by atoms with van der Waals surface area (Å²) in [5.74, 6) is -0.227. The molecule has 1 aromatic carbocycles. The van der Waals surface area contributed by atoms with Crippen LogP contribution in [0.15, 0.2) is 24.3 Å². The molecular weight excluding hydrogens is 278 g/mol. The average Bonchev–Trinajstić information content (AvgIpc) is 2.53. The smallest absolute Gasteiger partial charge is 0.334 e. The Hall–Kier alpha value is -2.28. The van der Waals surface area contributed by atoms with Gasteiger partial charge in [0.1, 0.15) is 6.61 Å². The summed E-state index contributed by atoms with van der Waals surface area (Å²) in [5.41, 5.74) is 0. The number of benzene rings is 1. The molecule has 0 aromatic heterocycles. The van der Waals surface area contributed by atoms with Crippen LogP contribution in [-0.4, -0.2) is 60.4 Å². The molecule has 3 rings (SSSR count). The number of carboxylic acids is 1. The van der Waals surface area contributed by atoms with Gasteiger partial charge in [-0.25, -0.2) is 4.79 Å². The topological polar surface area (TPSA) is 85.3 Å². The lowest BCUT2D eigenvalue weighted by Gasteiger charge is -2.34. The number of fused-ring (bicyclic) bond motifs is 1. The van der Waals surface area contributed by atoms with E-state index in [2.05, 4.69) is 0 Å². The Labute approximate surface area is 121 Å².